The normalized spacial score (nSPS) is 11.0. The number of hydrogen-bond acceptors (Lipinski definition) is 2. The molecule has 1 rings (SSSR count). The second kappa shape index (κ2) is 4.31. The van der Waals surface area contributed by atoms with Crippen molar-refractivity contribution in [1.82, 2.24) is 5.32 Å². The molecule has 12 heavy (non-hydrogen) atoms. The van der Waals surface area contributed by atoms with Gasteiger partial charge in [0.05, 0.1) is 6.54 Å². The number of hydrogen-bond donors (Lipinski definition) is 1. The first-order chi connectivity index (χ1) is 5.74. The average molecular weight is 167 g/mol. The van der Waals surface area contributed by atoms with Crippen LogP contribution in [0.2, 0.25) is 0 Å². The van der Waals surface area contributed by atoms with Gasteiger partial charge in [0, 0.05) is 5.92 Å². The van der Waals surface area contributed by atoms with E-state index in [0.717, 1.165) is 24.6 Å². The highest BCUT2D eigenvalue weighted by Gasteiger charge is 2.04. The van der Waals surface area contributed by atoms with Gasteiger partial charge in [0.2, 0.25) is 0 Å². The van der Waals surface area contributed by atoms with E-state index in [1.165, 1.54) is 0 Å². The zero-order valence-electron chi connectivity index (χ0n) is 8.05. The molecular weight excluding hydrogens is 150 g/mol. The van der Waals surface area contributed by atoms with Crippen molar-refractivity contribution in [2.24, 2.45) is 0 Å². The molecule has 1 N–H and O–H groups in total. The summed E-state index contributed by atoms with van der Waals surface area (Å²) in [7, 11) is 0. The molecule has 0 aliphatic heterocycles. The first-order valence-electron chi connectivity index (χ1n) is 4.53. The summed E-state index contributed by atoms with van der Waals surface area (Å²) in [6.07, 6.45) is 0. The van der Waals surface area contributed by atoms with Crippen molar-refractivity contribution < 1.29 is 4.42 Å². The summed E-state index contributed by atoms with van der Waals surface area (Å²) in [5.41, 5.74) is 0. The van der Waals surface area contributed by atoms with E-state index in [1.807, 2.05) is 6.07 Å². The van der Waals surface area contributed by atoms with Gasteiger partial charge < -0.3 is 9.73 Å². The van der Waals surface area contributed by atoms with Gasteiger partial charge in [-0.1, -0.05) is 20.8 Å². The van der Waals surface area contributed by atoms with Crippen molar-refractivity contribution in [2.75, 3.05) is 6.54 Å². The summed E-state index contributed by atoms with van der Waals surface area (Å²) in [6.45, 7) is 8.18. The van der Waals surface area contributed by atoms with Crippen LogP contribution in [0.5, 0.6) is 0 Å². The van der Waals surface area contributed by atoms with E-state index in [1.54, 1.807) is 0 Å². The molecule has 0 bridgehead atoms. The fourth-order valence-electron chi connectivity index (χ4n) is 1.05. The predicted molar refractivity (Wildman–Crippen MR) is 50.2 cm³/mol. The van der Waals surface area contributed by atoms with E-state index in [2.05, 4.69) is 32.2 Å². The van der Waals surface area contributed by atoms with Crippen molar-refractivity contribution in [3.63, 3.8) is 0 Å². The Bertz CT molecular complexity index is 227. The van der Waals surface area contributed by atoms with Crippen LogP contribution in [0.1, 0.15) is 38.2 Å². The fourth-order valence-corrected chi connectivity index (χ4v) is 1.05. The van der Waals surface area contributed by atoms with Crippen molar-refractivity contribution >= 4 is 0 Å². The Morgan fingerprint density at radius 1 is 1.42 bits per heavy atom. The maximum Gasteiger partial charge on any atom is 0.117 e. The Balaban J connectivity index is 2.52. The molecule has 0 amide bonds. The molecule has 68 valence electrons. The van der Waals surface area contributed by atoms with Crippen LogP contribution >= 0.6 is 0 Å². The van der Waals surface area contributed by atoms with Gasteiger partial charge in [-0.15, -0.1) is 0 Å². The van der Waals surface area contributed by atoms with E-state index in [4.69, 9.17) is 4.42 Å². The molecule has 0 aromatic carbocycles. The Morgan fingerprint density at radius 2 is 2.17 bits per heavy atom. The second-order valence-corrected chi connectivity index (χ2v) is 3.24. The molecule has 0 atom stereocenters. The van der Waals surface area contributed by atoms with Crippen LogP contribution in [0.3, 0.4) is 0 Å². The molecule has 2 nitrogen and oxygen atoms in total. The van der Waals surface area contributed by atoms with Crippen LogP contribution in [0.4, 0.5) is 0 Å². The van der Waals surface area contributed by atoms with Crippen molar-refractivity contribution in [3.8, 4) is 0 Å². The largest absolute Gasteiger partial charge is 0.464 e. The van der Waals surface area contributed by atoms with Crippen LogP contribution in [0, 0.1) is 0 Å². The summed E-state index contributed by atoms with van der Waals surface area (Å²) in [6, 6.07) is 4.09. The molecule has 0 aliphatic rings. The minimum absolute atomic E-state index is 0.486. The molecule has 0 saturated heterocycles. The molecule has 0 spiro atoms. The molecule has 0 radical (unpaired) electrons. The Hall–Kier alpha value is -0.760. The van der Waals surface area contributed by atoms with Crippen LogP contribution in [-0.4, -0.2) is 6.54 Å². The third kappa shape index (κ3) is 2.38. The van der Waals surface area contributed by atoms with E-state index in [0.29, 0.717) is 5.92 Å². The molecule has 0 fully saturated rings. The highest BCUT2D eigenvalue weighted by atomic mass is 16.3. The number of nitrogens with one attached hydrogen (secondary N) is 1. The lowest BCUT2D eigenvalue weighted by Crippen LogP contribution is -2.10. The lowest BCUT2D eigenvalue weighted by atomic mass is 10.2. The van der Waals surface area contributed by atoms with E-state index in [-0.39, 0.29) is 0 Å². The predicted octanol–water partition coefficient (Wildman–Crippen LogP) is 2.51. The third-order valence-corrected chi connectivity index (χ3v) is 1.80. The first-order valence-corrected chi connectivity index (χ1v) is 4.53. The first kappa shape index (κ1) is 9.33. The Morgan fingerprint density at radius 3 is 2.67 bits per heavy atom. The van der Waals surface area contributed by atoms with Crippen LogP contribution in [0.25, 0.3) is 0 Å². The van der Waals surface area contributed by atoms with Crippen LogP contribution in [-0.2, 0) is 6.54 Å². The third-order valence-electron chi connectivity index (χ3n) is 1.80. The molecule has 0 unspecified atom stereocenters. The lowest BCUT2D eigenvalue weighted by Gasteiger charge is -1.99. The maximum atomic E-state index is 5.58. The van der Waals surface area contributed by atoms with Crippen LogP contribution < -0.4 is 5.32 Å². The SMILES string of the molecule is CCNCc1ccc(C(C)C)o1. The summed E-state index contributed by atoms with van der Waals surface area (Å²) in [5.74, 6) is 2.59. The standard InChI is InChI=1S/C10H17NO/c1-4-11-7-9-5-6-10(12-9)8(2)3/h5-6,8,11H,4,7H2,1-3H3. The molecular formula is C10H17NO. The monoisotopic (exact) mass is 167 g/mol. The van der Waals surface area contributed by atoms with E-state index < -0.39 is 0 Å². The second-order valence-electron chi connectivity index (χ2n) is 3.24. The maximum absolute atomic E-state index is 5.58. The summed E-state index contributed by atoms with van der Waals surface area (Å²) in [4.78, 5) is 0. The fraction of sp³-hybridized carbons (Fsp3) is 0.600. The van der Waals surface area contributed by atoms with Crippen LogP contribution in [0.15, 0.2) is 16.5 Å². The quantitative estimate of drug-likeness (QED) is 0.745. The smallest absolute Gasteiger partial charge is 0.117 e. The summed E-state index contributed by atoms with van der Waals surface area (Å²) in [5, 5.41) is 3.22. The summed E-state index contributed by atoms with van der Waals surface area (Å²) < 4.78 is 5.58. The molecule has 2 heteroatoms. The summed E-state index contributed by atoms with van der Waals surface area (Å²) >= 11 is 0. The molecule has 1 aromatic heterocycles. The highest BCUT2D eigenvalue weighted by molar-refractivity contribution is 5.09. The van der Waals surface area contributed by atoms with Crippen molar-refractivity contribution in [2.45, 2.75) is 33.2 Å². The Labute approximate surface area is 74.0 Å². The highest BCUT2D eigenvalue weighted by Crippen LogP contribution is 2.17. The van der Waals surface area contributed by atoms with Crippen molar-refractivity contribution in [1.29, 1.82) is 0 Å². The molecule has 0 saturated carbocycles. The van der Waals surface area contributed by atoms with Crippen molar-refractivity contribution in [3.05, 3.63) is 23.7 Å². The van der Waals surface area contributed by atoms with Gasteiger partial charge >= 0.3 is 0 Å². The average Bonchev–Trinajstić information content (AvgIpc) is 2.48. The minimum atomic E-state index is 0.486. The lowest BCUT2D eigenvalue weighted by molar-refractivity contribution is 0.434. The van der Waals surface area contributed by atoms with E-state index in [9.17, 15) is 0 Å². The zero-order chi connectivity index (χ0) is 8.97. The van der Waals surface area contributed by atoms with Gasteiger partial charge in [0.15, 0.2) is 0 Å². The topological polar surface area (TPSA) is 25.2 Å². The van der Waals surface area contributed by atoms with E-state index >= 15 is 0 Å². The Kier molecular flexibility index (Phi) is 3.35. The van der Waals surface area contributed by atoms with Gasteiger partial charge in [-0.05, 0) is 18.7 Å². The number of rotatable bonds is 4. The zero-order valence-corrected chi connectivity index (χ0v) is 8.05. The van der Waals surface area contributed by atoms with Gasteiger partial charge in [0.25, 0.3) is 0 Å². The molecule has 0 aliphatic carbocycles. The van der Waals surface area contributed by atoms with Gasteiger partial charge in [-0.2, -0.15) is 0 Å². The van der Waals surface area contributed by atoms with Gasteiger partial charge in [0.1, 0.15) is 11.5 Å². The van der Waals surface area contributed by atoms with Gasteiger partial charge in [-0.25, -0.2) is 0 Å². The number of furan rings is 1. The molecule has 1 heterocycles. The minimum Gasteiger partial charge on any atom is -0.464 e. The van der Waals surface area contributed by atoms with Gasteiger partial charge in [-0.3, -0.25) is 0 Å². The molecule has 1 aromatic rings.